The van der Waals surface area contributed by atoms with Crippen LogP contribution in [0.1, 0.15) is 18.0 Å². The van der Waals surface area contributed by atoms with Crippen LogP contribution in [0.2, 0.25) is 0 Å². The number of aromatic nitrogens is 5. The lowest BCUT2D eigenvalue weighted by Crippen LogP contribution is -2.12. The van der Waals surface area contributed by atoms with Gasteiger partial charge in [0.2, 0.25) is 0 Å². The Kier molecular flexibility index (Phi) is 4.85. The molecule has 0 saturated carbocycles. The first-order valence-electron chi connectivity index (χ1n) is 10.3. The van der Waals surface area contributed by atoms with E-state index in [2.05, 4.69) is 20.2 Å². The molecule has 0 radical (unpaired) electrons. The van der Waals surface area contributed by atoms with Crippen molar-refractivity contribution in [1.82, 2.24) is 25.1 Å². The van der Waals surface area contributed by atoms with Gasteiger partial charge in [-0.15, -0.1) is 21.5 Å². The van der Waals surface area contributed by atoms with E-state index in [1.165, 1.54) is 23.1 Å². The first kappa shape index (κ1) is 20.0. The first-order chi connectivity index (χ1) is 16.2. The number of thioether (sulfide) groups is 1. The van der Waals surface area contributed by atoms with E-state index in [1.807, 2.05) is 73.1 Å². The molecule has 0 fully saturated rings. The summed E-state index contributed by atoms with van der Waals surface area (Å²) in [6.45, 7) is 1.95. The van der Waals surface area contributed by atoms with Gasteiger partial charge >= 0.3 is 0 Å². The van der Waals surface area contributed by atoms with Crippen LogP contribution in [0.5, 0.6) is 0 Å². The molecule has 2 N–H and O–H groups in total. The van der Waals surface area contributed by atoms with Gasteiger partial charge in [-0.3, -0.25) is 4.79 Å². The minimum atomic E-state index is -0.180. The van der Waals surface area contributed by atoms with Gasteiger partial charge in [-0.25, -0.2) is 4.98 Å². The van der Waals surface area contributed by atoms with Crippen molar-refractivity contribution in [3.05, 3.63) is 82.4 Å². The Balaban J connectivity index is 1.29. The van der Waals surface area contributed by atoms with Crippen molar-refractivity contribution < 1.29 is 4.42 Å². The van der Waals surface area contributed by atoms with E-state index < -0.39 is 0 Å². The summed E-state index contributed by atoms with van der Waals surface area (Å²) >= 11 is 2.83. The zero-order valence-electron chi connectivity index (χ0n) is 17.4. The van der Waals surface area contributed by atoms with Gasteiger partial charge in [0.25, 0.3) is 16.7 Å². The standard InChI is InChI=1S/C24H17N5O2S2/c1-13(33-24-29-28-22(31-24)16-11-25-18-10-6-5-9-15(16)18)20-26-21(30)19-17(12-32-23(19)27-20)14-7-3-2-4-8-14/h2-13,25H,1H3,(H,26,27,30). The third-order valence-electron chi connectivity index (χ3n) is 5.44. The Morgan fingerprint density at radius 2 is 1.85 bits per heavy atom. The molecule has 0 saturated heterocycles. The van der Waals surface area contributed by atoms with Crippen LogP contribution in [0, 0.1) is 0 Å². The molecule has 0 aliphatic heterocycles. The highest BCUT2D eigenvalue weighted by molar-refractivity contribution is 7.99. The van der Waals surface area contributed by atoms with Crippen molar-refractivity contribution in [2.24, 2.45) is 0 Å². The maximum Gasteiger partial charge on any atom is 0.277 e. The number of fused-ring (bicyclic) bond motifs is 2. The Morgan fingerprint density at radius 1 is 1.03 bits per heavy atom. The molecule has 4 aromatic heterocycles. The molecule has 9 heteroatoms. The minimum Gasteiger partial charge on any atom is -0.411 e. The van der Waals surface area contributed by atoms with Crippen molar-refractivity contribution in [3.8, 4) is 22.6 Å². The summed E-state index contributed by atoms with van der Waals surface area (Å²) in [5.74, 6) is 1.02. The minimum absolute atomic E-state index is 0.146. The number of rotatable bonds is 5. The van der Waals surface area contributed by atoms with Crippen LogP contribution in [0.25, 0.3) is 43.7 Å². The highest BCUT2D eigenvalue weighted by Crippen LogP contribution is 2.36. The lowest BCUT2D eigenvalue weighted by Gasteiger charge is -2.07. The van der Waals surface area contributed by atoms with Gasteiger partial charge in [-0.05, 0) is 18.6 Å². The van der Waals surface area contributed by atoms with Crippen LogP contribution in [0.4, 0.5) is 0 Å². The lowest BCUT2D eigenvalue weighted by molar-refractivity contribution is 0.465. The highest BCUT2D eigenvalue weighted by Gasteiger charge is 2.20. The monoisotopic (exact) mass is 471 g/mol. The van der Waals surface area contributed by atoms with Crippen molar-refractivity contribution in [2.75, 3.05) is 0 Å². The third-order valence-corrected chi connectivity index (χ3v) is 7.25. The maximum absolute atomic E-state index is 12.9. The van der Waals surface area contributed by atoms with Crippen molar-refractivity contribution in [1.29, 1.82) is 0 Å². The second-order valence-electron chi connectivity index (χ2n) is 7.53. The summed E-state index contributed by atoms with van der Waals surface area (Å²) in [5.41, 5.74) is 3.62. The van der Waals surface area contributed by atoms with Crippen LogP contribution in [-0.4, -0.2) is 25.1 Å². The van der Waals surface area contributed by atoms with E-state index in [4.69, 9.17) is 9.40 Å². The van der Waals surface area contributed by atoms with E-state index >= 15 is 0 Å². The van der Waals surface area contributed by atoms with Gasteiger partial charge in [0.15, 0.2) is 0 Å². The SMILES string of the molecule is CC(Sc1nnc(-c2c[nH]c3ccccc23)o1)c1nc2scc(-c3ccccc3)c2c(=O)[nH]1. The Morgan fingerprint density at radius 3 is 2.73 bits per heavy atom. The number of hydrogen-bond acceptors (Lipinski definition) is 7. The molecular formula is C24H17N5O2S2. The number of benzene rings is 2. The van der Waals surface area contributed by atoms with Gasteiger partial charge in [0.1, 0.15) is 10.7 Å². The summed E-state index contributed by atoms with van der Waals surface area (Å²) in [7, 11) is 0. The molecule has 33 heavy (non-hydrogen) atoms. The fourth-order valence-corrected chi connectivity index (χ4v) is 5.51. The molecule has 1 atom stereocenters. The van der Waals surface area contributed by atoms with Crippen LogP contribution in [0.15, 0.2) is 80.6 Å². The van der Waals surface area contributed by atoms with E-state index in [1.54, 1.807) is 0 Å². The zero-order valence-corrected chi connectivity index (χ0v) is 19.0. The summed E-state index contributed by atoms with van der Waals surface area (Å²) in [6.07, 6.45) is 1.87. The fraction of sp³-hybridized carbons (Fsp3) is 0.0833. The van der Waals surface area contributed by atoms with E-state index in [0.717, 1.165) is 27.6 Å². The van der Waals surface area contributed by atoms with Gasteiger partial charge in [-0.2, -0.15) is 0 Å². The normalized spacial score (nSPS) is 12.5. The second-order valence-corrected chi connectivity index (χ2v) is 9.68. The molecule has 1 unspecified atom stereocenters. The van der Waals surface area contributed by atoms with E-state index in [-0.39, 0.29) is 10.8 Å². The van der Waals surface area contributed by atoms with E-state index in [9.17, 15) is 4.79 Å². The van der Waals surface area contributed by atoms with Gasteiger partial charge < -0.3 is 14.4 Å². The van der Waals surface area contributed by atoms with Crippen LogP contribution >= 0.6 is 23.1 Å². The number of H-pyrrole nitrogens is 2. The Bertz CT molecular complexity index is 1650. The molecule has 7 nitrogen and oxygen atoms in total. The molecule has 0 spiro atoms. The average Bonchev–Trinajstić information content (AvgIpc) is 3.57. The number of nitrogens with one attached hydrogen (secondary N) is 2. The topological polar surface area (TPSA) is 100 Å². The molecule has 0 bridgehead atoms. The molecule has 0 aliphatic rings. The highest BCUT2D eigenvalue weighted by atomic mass is 32.2. The molecule has 6 rings (SSSR count). The predicted octanol–water partition coefficient (Wildman–Crippen LogP) is 6.04. The number of nitrogens with zero attached hydrogens (tertiary/aromatic N) is 3. The van der Waals surface area contributed by atoms with Crippen LogP contribution < -0.4 is 5.56 Å². The van der Waals surface area contributed by atoms with Crippen molar-refractivity contribution >= 4 is 44.2 Å². The van der Waals surface area contributed by atoms with Gasteiger partial charge in [-0.1, -0.05) is 60.3 Å². The quantitative estimate of drug-likeness (QED) is 0.298. The zero-order chi connectivity index (χ0) is 22.4. The largest absolute Gasteiger partial charge is 0.411 e. The average molecular weight is 472 g/mol. The smallest absolute Gasteiger partial charge is 0.277 e. The van der Waals surface area contributed by atoms with Gasteiger partial charge in [0.05, 0.1) is 16.2 Å². The molecular weight excluding hydrogens is 454 g/mol. The lowest BCUT2D eigenvalue weighted by atomic mass is 10.1. The van der Waals surface area contributed by atoms with Crippen LogP contribution in [-0.2, 0) is 0 Å². The number of para-hydroxylation sites is 1. The number of aromatic amines is 2. The summed E-state index contributed by atoms with van der Waals surface area (Å²) in [5, 5.41) is 12.3. The first-order valence-corrected chi connectivity index (χ1v) is 12.1. The van der Waals surface area contributed by atoms with Gasteiger partial charge in [0, 0.05) is 28.0 Å². The molecule has 0 amide bonds. The van der Waals surface area contributed by atoms with Crippen molar-refractivity contribution in [2.45, 2.75) is 17.4 Å². The summed E-state index contributed by atoms with van der Waals surface area (Å²) in [4.78, 5) is 24.5. The number of hydrogen-bond donors (Lipinski definition) is 2. The Labute approximate surface area is 195 Å². The van der Waals surface area contributed by atoms with Crippen LogP contribution in [0.3, 0.4) is 0 Å². The molecule has 4 heterocycles. The fourth-order valence-electron chi connectivity index (χ4n) is 3.81. The molecule has 0 aliphatic carbocycles. The van der Waals surface area contributed by atoms with E-state index in [0.29, 0.717) is 27.2 Å². The molecule has 6 aromatic rings. The number of thiophene rings is 1. The molecule has 162 valence electrons. The third kappa shape index (κ3) is 3.55. The maximum atomic E-state index is 12.9. The Hall–Kier alpha value is -3.69. The van der Waals surface area contributed by atoms with Crippen molar-refractivity contribution in [3.63, 3.8) is 0 Å². The predicted molar refractivity (Wildman–Crippen MR) is 132 cm³/mol. The molecule has 2 aromatic carbocycles. The second kappa shape index (κ2) is 8.02. The summed E-state index contributed by atoms with van der Waals surface area (Å²) in [6, 6.07) is 17.8. The summed E-state index contributed by atoms with van der Waals surface area (Å²) < 4.78 is 5.91.